The van der Waals surface area contributed by atoms with E-state index in [9.17, 15) is 4.79 Å². The first kappa shape index (κ1) is 14.3. The van der Waals surface area contributed by atoms with Crippen LogP contribution in [0.3, 0.4) is 0 Å². The van der Waals surface area contributed by atoms with Crippen molar-refractivity contribution < 1.29 is 9.53 Å². The number of rotatable bonds is 4. The summed E-state index contributed by atoms with van der Waals surface area (Å²) in [5.74, 6) is 1.85. The molecule has 1 aliphatic carbocycles. The van der Waals surface area contributed by atoms with Gasteiger partial charge in [0.25, 0.3) is 0 Å². The van der Waals surface area contributed by atoms with Gasteiger partial charge in [-0.15, -0.1) is 0 Å². The molecular weight excluding hydrogens is 290 g/mol. The van der Waals surface area contributed by atoms with Gasteiger partial charge in [0.2, 0.25) is 5.91 Å². The topological polar surface area (TPSA) is 56.2 Å². The molecule has 1 aromatic heterocycles. The fourth-order valence-electron chi connectivity index (χ4n) is 3.75. The molecule has 2 atom stereocenters. The van der Waals surface area contributed by atoms with E-state index in [1.54, 1.807) is 6.20 Å². The van der Waals surface area contributed by atoms with Crippen molar-refractivity contribution in [2.24, 2.45) is 5.92 Å². The van der Waals surface area contributed by atoms with Crippen LogP contribution >= 0.6 is 0 Å². The molecule has 120 valence electrons. The number of benzene rings is 1. The van der Waals surface area contributed by atoms with E-state index in [1.807, 2.05) is 28.9 Å². The number of nitrogens with zero attached hydrogens (tertiary/aromatic N) is 2. The van der Waals surface area contributed by atoms with Gasteiger partial charge in [0.05, 0.1) is 12.8 Å². The van der Waals surface area contributed by atoms with E-state index in [1.165, 1.54) is 5.56 Å². The normalized spacial score (nSPS) is 24.8. The number of anilines is 1. The van der Waals surface area contributed by atoms with Gasteiger partial charge >= 0.3 is 0 Å². The van der Waals surface area contributed by atoms with Crippen LogP contribution in [0.15, 0.2) is 36.5 Å². The molecule has 2 unspecified atom stereocenters. The Morgan fingerprint density at radius 1 is 1.43 bits per heavy atom. The molecule has 1 amide bonds. The Labute approximate surface area is 135 Å². The summed E-state index contributed by atoms with van der Waals surface area (Å²) in [6.07, 6.45) is 4.54. The summed E-state index contributed by atoms with van der Waals surface area (Å²) < 4.78 is 7.59. The van der Waals surface area contributed by atoms with Crippen LogP contribution in [-0.4, -0.2) is 22.3 Å². The van der Waals surface area contributed by atoms with Crippen molar-refractivity contribution in [3.8, 4) is 5.75 Å². The van der Waals surface area contributed by atoms with Gasteiger partial charge < -0.3 is 10.1 Å². The first-order chi connectivity index (χ1) is 11.2. The van der Waals surface area contributed by atoms with Gasteiger partial charge in [0, 0.05) is 29.5 Å². The number of ether oxygens (including phenoxy) is 1. The van der Waals surface area contributed by atoms with Crippen molar-refractivity contribution in [1.82, 2.24) is 9.78 Å². The molecule has 1 spiro atoms. The molecule has 1 saturated carbocycles. The van der Waals surface area contributed by atoms with Gasteiger partial charge in [-0.1, -0.05) is 25.1 Å². The van der Waals surface area contributed by atoms with Crippen molar-refractivity contribution in [3.05, 3.63) is 42.1 Å². The third-order valence-electron chi connectivity index (χ3n) is 5.02. The number of hydrogen-bond acceptors (Lipinski definition) is 3. The van der Waals surface area contributed by atoms with Crippen molar-refractivity contribution in [2.75, 3.05) is 11.9 Å². The number of para-hydroxylation sites is 1. The lowest BCUT2D eigenvalue weighted by atomic mass is 9.87. The van der Waals surface area contributed by atoms with Crippen LogP contribution in [-0.2, 0) is 16.8 Å². The minimum atomic E-state index is -0.0332. The Morgan fingerprint density at radius 3 is 3.17 bits per heavy atom. The molecule has 2 aromatic rings. The van der Waals surface area contributed by atoms with Crippen molar-refractivity contribution in [2.45, 2.75) is 38.1 Å². The number of nitrogens with one attached hydrogen (secondary N) is 1. The predicted molar refractivity (Wildman–Crippen MR) is 87.5 cm³/mol. The number of amides is 1. The van der Waals surface area contributed by atoms with E-state index in [-0.39, 0.29) is 17.2 Å². The summed E-state index contributed by atoms with van der Waals surface area (Å²) in [5, 5.41) is 7.32. The van der Waals surface area contributed by atoms with Gasteiger partial charge in [-0.05, 0) is 25.3 Å². The highest BCUT2D eigenvalue weighted by molar-refractivity contribution is 5.95. The highest BCUT2D eigenvalue weighted by atomic mass is 16.5. The first-order valence-electron chi connectivity index (χ1n) is 8.29. The van der Waals surface area contributed by atoms with Crippen LogP contribution in [0.5, 0.6) is 5.75 Å². The number of carbonyl (C=O) groups is 1. The standard InChI is InChI=1S/C18H21N3O2/c1-2-10-21-16(7-9-19-21)20-17(22)14-12-18(14)8-11-23-15-6-4-3-5-13(15)18/h3-7,9,14H,2,8,10-12H2,1H3,(H,20,22). The molecule has 5 nitrogen and oxygen atoms in total. The first-order valence-corrected chi connectivity index (χ1v) is 8.29. The maximum atomic E-state index is 12.7. The molecule has 1 aromatic carbocycles. The van der Waals surface area contributed by atoms with Gasteiger partial charge in [-0.3, -0.25) is 4.79 Å². The molecule has 4 rings (SSSR count). The lowest BCUT2D eigenvalue weighted by molar-refractivity contribution is -0.117. The van der Waals surface area contributed by atoms with E-state index in [0.717, 1.165) is 37.4 Å². The molecule has 23 heavy (non-hydrogen) atoms. The molecule has 5 heteroatoms. The quantitative estimate of drug-likeness (QED) is 0.944. The zero-order valence-corrected chi connectivity index (χ0v) is 13.3. The maximum absolute atomic E-state index is 12.7. The van der Waals surface area contributed by atoms with Crippen LogP contribution in [0, 0.1) is 5.92 Å². The summed E-state index contributed by atoms with van der Waals surface area (Å²) in [6, 6.07) is 9.97. The average molecular weight is 311 g/mol. The molecule has 1 N–H and O–H groups in total. The lowest BCUT2D eigenvalue weighted by Gasteiger charge is -2.26. The summed E-state index contributed by atoms with van der Waals surface area (Å²) in [4.78, 5) is 12.7. The Bertz CT molecular complexity index is 739. The largest absolute Gasteiger partial charge is 0.493 e. The third-order valence-corrected chi connectivity index (χ3v) is 5.02. The summed E-state index contributed by atoms with van der Waals surface area (Å²) in [7, 11) is 0. The lowest BCUT2D eigenvalue weighted by Crippen LogP contribution is -2.27. The Hall–Kier alpha value is -2.30. The predicted octanol–water partition coefficient (Wildman–Crippen LogP) is 2.97. The zero-order valence-electron chi connectivity index (χ0n) is 13.3. The molecule has 0 radical (unpaired) electrons. The molecular formula is C18H21N3O2. The Balaban J connectivity index is 1.53. The Morgan fingerprint density at radius 2 is 2.30 bits per heavy atom. The second-order valence-electron chi connectivity index (χ2n) is 6.44. The van der Waals surface area contributed by atoms with E-state index < -0.39 is 0 Å². The van der Waals surface area contributed by atoms with E-state index in [2.05, 4.69) is 23.4 Å². The number of fused-ring (bicyclic) bond motifs is 2. The van der Waals surface area contributed by atoms with Crippen molar-refractivity contribution in [1.29, 1.82) is 0 Å². The van der Waals surface area contributed by atoms with E-state index in [4.69, 9.17) is 4.74 Å². The highest BCUT2D eigenvalue weighted by Gasteiger charge is 2.61. The molecule has 0 saturated heterocycles. The maximum Gasteiger partial charge on any atom is 0.229 e. The molecule has 2 aliphatic rings. The minimum Gasteiger partial charge on any atom is -0.493 e. The van der Waals surface area contributed by atoms with Crippen molar-refractivity contribution in [3.63, 3.8) is 0 Å². The number of hydrogen-bond donors (Lipinski definition) is 1. The van der Waals surface area contributed by atoms with Gasteiger partial charge in [-0.25, -0.2) is 4.68 Å². The Kier molecular flexibility index (Phi) is 3.36. The van der Waals surface area contributed by atoms with Gasteiger partial charge in [0.1, 0.15) is 11.6 Å². The third kappa shape index (κ3) is 2.31. The van der Waals surface area contributed by atoms with Crippen LogP contribution in [0.1, 0.15) is 31.7 Å². The van der Waals surface area contributed by atoms with Crippen LogP contribution in [0.4, 0.5) is 5.82 Å². The van der Waals surface area contributed by atoms with Gasteiger partial charge in [-0.2, -0.15) is 5.10 Å². The smallest absolute Gasteiger partial charge is 0.229 e. The second-order valence-corrected chi connectivity index (χ2v) is 6.44. The average Bonchev–Trinajstić information content (AvgIpc) is 3.12. The second kappa shape index (κ2) is 5.41. The SMILES string of the molecule is CCCn1nccc1NC(=O)C1CC12CCOc1ccccc12. The summed E-state index contributed by atoms with van der Waals surface area (Å²) >= 11 is 0. The monoisotopic (exact) mass is 311 g/mol. The minimum absolute atomic E-state index is 0.0255. The highest BCUT2D eigenvalue weighted by Crippen LogP contribution is 2.60. The summed E-state index contributed by atoms with van der Waals surface area (Å²) in [6.45, 7) is 3.60. The fraction of sp³-hybridized carbons (Fsp3) is 0.444. The van der Waals surface area contributed by atoms with E-state index in [0.29, 0.717) is 6.61 Å². The fourth-order valence-corrected chi connectivity index (χ4v) is 3.75. The molecule has 2 heterocycles. The zero-order chi connectivity index (χ0) is 15.9. The number of aromatic nitrogens is 2. The molecule has 0 bridgehead atoms. The van der Waals surface area contributed by atoms with Gasteiger partial charge in [0.15, 0.2) is 0 Å². The van der Waals surface area contributed by atoms with Crippen LogP contribution < -0.4 is 10.1 Å². The number of aryl methyl sites for hydroxylation is 1. The molecule has 1 fully saturated rings. The molecule has 1 aliphatic heterocycles. The number of carbonyl (C=O) groups excluding carboxylic acids is 1. The van der Waals surface area contributed by atoms with Crippen molar-refractivity contribution >= 4 is 11.7 Å². The van der Waals surface area contributed by atoms with E-state index >= 15 is 0 Å². The van der Waals surface area contributed by atoms with Crippen LogP contribution in [0.25, 0.3) is 0 Å². The summed E-state index contributed by atoms with van der Waals surface area (Å²) in [5.41, 5.74) is 1.16. The van der Waals surface area contributed by atoms with Crippen LogP contribution in [0.2, 0.25) is 0 Å².